The van der Waals surface area contributed by atoms with Gasteiger partial charge in [-0.3, -0.25) is 4.79 Å². The lowest BCUT2D eigenvalue weighted by atomic mass is 9.84. The quantitative estimate of drug-likeness (QED) is 0.783. The first kappa shape index (κ1) is 18.2. The Morgan fingerprint density at radius 2 is 1.88 bits per heavy atom. The third-order valence-electron chi connectivity index (χ3n) is 5.52. The smallest absolute Gasteiger partial charge is 0.306 e. The average molecular weight is 347 g/mol. The molecule has 0 spiro atoms. The summed E-state index contributed by atoms with van der Waals surface area (Å²) >= 11 is 0. The normalized spacial score (nSPS) is 29.6. The fourth-order valence-corrected chi connectivity index (χ4v) is 3.81. The number of carboxylic acids is 1. The molecule has 1 saturated carbocycles. The van der Waals surface area contributed by atoms with Gasteiger partial charge in [0.2, 0.25) is 0 Å². The predicted octanol–water partition coefficient (Wildman–Crippen LogP) is 3.01. The molecule has 2 aliphatic rings. The molecule has 2 atom stereocenters. The zero-order chi connectivity index (χ0) is 18.2. The Bertz CT molecular complexity index is 629. The Morgan fingerprint density at radius 1 is 1.20 bits per heavy atom. The lowest BCUT2D eigenvalue weighted by Gasteiger charge is -2.36. The molecule has 1 aromatic carbocycles. The summed E-state index contributed by atoms with van der Waals surface area (Å²) < 4.78 is 5.93. The van der Waals surface area contributed by atoms with Crippen molar-refractivity contribution in [3.8, 4) is 5.75 Å². The maximum atomic E-state index is 11.1. The fraction of sp³-hybridized carbons (Fsp3) is 0.650. The number of hydrogen-bond acceptors (Lipinski definition) is 4. The number of aliphatic hydroxyl groups excluding tert-OH is 1. The van der Waals surface area contributed by atoms with Crippen LogP contribution in [0.1, 0.15) is 63.7 Å². The summed E-state index contributed by atoms with van der Waals surface area (Å²) in [5.74, 6) is -0.141. The van der Waals surface area contributed by atoms with E-state index in [-0.39, 0.29) is 23.4 Å². The van der Waals surface area contributed by atoms with E-state index < -0.39 is 12.1 Å². The summed E-state index contributed by atoms with van der Waals surface area (Å²) in [5, 5.41) is 23.3. The highest BCUT2D eigenvalue weighted by molar-refractivity contribution is 5.70. The van der Waals surface area contributed by atoms with E-state index in [9.17, 15) is 9.90 Å². The molecule has 3 N–H and O–H groups in total. The third kappa shape index (κ3) is 3.98. The van der Waals surface area contributed by atoms with Gasteiger partial charge in [-0.05, 0) is 42.7 Å². The van der Waals surface area contributed by atoms with Crippen molar-refractivity contribution in [2.24, 2.45) is 5.92 Å². The van der Waals surface area contributed by atoms with E-state index in [1.54, 1.807) is 0 Å². The predicted molar refractivity (Wildman–Crippen MR) is 95.9 cm³/mol. The monoisotopic (exact) mass is 347 g/mol. The Kier molecular flexibility index (Phi) is 5.07. The molecule has 1 fully saturated rings. The zero-order valence-corrected chi connectivity index (χ0v) is 15.3. The van der Waals surface area contributed by atoms with Crippen LogP contribution in [0.5, 0.6) is 5.75 Å². The van der Waals surface area contributed by atoms with Gasteiger partial charge in [-0.2, -0.15) is 0 Å². The Labute approximate surface area is 149 Å². The first-order valence-electron chi connectivity index (χ1n) is 9.20. The average Bonchev–Trinajstić information content (AvgIpc) is 2.57. The standard InChI is InChI=1S/C20H29NO4/c1-20(2,3)13-6-9-15-17(10-13)25-11-16(18(15)22)21-14-7-4-12(5-8-14)19(23)24/h6,9-10,12,14,16,18,21-22H,4-5,7-8,11H2,1-3H3,(H,23,24)/t12?,14?,16-,18+/m1/s1. The van der Waals surface area contributed by atoms with Crippen molar-refractivity contribution < 1.29 is 19.7 Å². The van der Waals surface area contributed by atoms with Gasteiger partial charge < -0.3 is 20.3 Å². The number of ether oxygens (including phenoxy) is 1. The van der Waals surface area contributed by atoms with Crippen LogP contribution < -0.4 is 10.1 Å². The van der Waals surface area contributed by atoms with E-state index in [0.717, 1.165) is 24.2 Å². The fourth-order valence-electron chi connectivity index (χ4n) is 3.81. The van der Waals surface area contributed by atoms with Gasteiger partial charge in [0.15, 0.2) is 0 Å². The Balaban J connectivity index is 1.64. The number of aliphatic carboxylic acids is 1. The summed E-state index contributed by atoms with van der Waals surface area (Å²) in [6, 6.07) is 6.16. The topological polar surface area (TPSA) is 78.8 Å². The number of hydrogen-bond donors (Lipinski definition) is 3. The molecule has 5 nitrogen and oxygen atoms in total. The molecule has 3 rings (SSSR count). The molecule has 1 aromatic rings. The highest BCUT2D eigenvalue weighted by atomic mass is 16.5. The van der Waals surface area contributed by atoms with Crippen LogP contribution in [-0.4, -0.2) is 34.9 Å². The molecule has 0 bridgehead atoms. The SMILES string of the molecule is CC(C)(C)c1ccc2c(c1)OC[C@@H](NC1CCC(C(=O)O)CC1)[C@H]2O. The van der Waals surface area contributed by atoms with E-state index in [2.05, 4.69) is 32.2 Å². The number of fused-ring (bicyclic) bond motifs is 1. The van der Waals surface area contributed by atoms with E-state index in [1.807, 2.05) is 12.1 Å². The van der Waals surface area contributed by atoms with Crippen molar-refractivity contribution in [3.63, 3.8) is 0 Å². The van der Waals surface area contributed by atoms with E-state index in [0.29, 0.717) is 19.4 Å². The van der Waals surface area contributed by atoms with Crippen LogP contribution in [-0.2, 0) is 10.2 Å². The van der Waals surface area contributed by atoms with Crippen LogP contribution in [0, 0.1) is 5.92 Å². The van der Waals surface area contributed by atoms with Gasteiger partial charge in [0, 0.05) is 11.6 Å². The number of aliphatic hydroxyl groups is 1. The lowest BCUT2D eigenvalue weighted by Crippen LogP contribution is -2.48. The summed E-state index contributed by atoms with van der Waals surface area (Å²) in [7, 11) is 0. The number of carboxylic acid groups (broad SMARTS) is 1. The van der Waals surface area contributed by atoms with Crippen LogP contribution in [0.3, 0.4) is 0 Å². The molecule has 5 heteroatoms. The minimum absolute atomic E-state index is 0.0429. The van der Waals surface area contributed by atoms with Crippen LogP contribution in [0.2, 0.25) is 0 Å². The van der Waals surface area contributed by atoms with Crippen molar-refractivity contribution in [3.05, 3.63) is 29.3 Å². The van der Waals surface area contributed by atoms with Gasteiger partial charge in [0.1, 0.15) is 18.5 Å². The zero-order valence-electron chi connectivity index (χ0n) is 15.3. The summed E-state index contributed by atoms with van der Waals surface area (Å²) in [5.41, 5.74) is 2.06. The van der Waals surface area contributed by atoms with Crippen molar-refractivity contribution in [2.75, 3.05) is 6.61 Å². The molecular formula is C20H29NO4. The largest absolute Gasteiger partial charge is 0.491 e. The summed E-state index contributed by atoms with van der Waals surface area (Å²) in [6.07, 6.45) is 2.45. The molecule has 138 valence electrons. The van der Waals surface area contributed by atoms with Gasteiger partial charge in [0.05, 0.1) is 12.0 Å². The summed E-state index contributed by atoms with van der Waals surface area (Å²) in [6.45, 7) is 6.91. The maximum Gasteiger partial charge on any atom is 0.306 e. The van der Waals surface area contributed by atoms with Crippen LogP contribution in [0.25, 0.3) is 0 Å². The maximum absolute atomic E-state index is 11.1. The molecule has 1 aliphatic heterocycles. The van der Waals surface area contributed by atoms with Gasteiger partial charge in [-0.1, -0.05) is 32.9 Å². The Hall–Kier alpha value is -1.59. The van der Waals surface area contributed by atoms with Gasteiger partial charge >= 0.3 is 5.97 Å². The second-order valence-electron chi connectivity index (χ2n) is 8.42. The first-order valence-corrected chi connectivity index (χ1v) is 9.20. The molecule has 25 heavy (non-hydrogen) atoms. The second-order valence-corrected chi connectivity index (χ2v) is 8.42. The number of rotatable bonds is 3. The number of benzene rings is 1. The minimum Gasteiger partial charge on any atom is -0.491 e. The van der Waals surface area contributed by atoms with Crippen molar-refractivity contribution in [1.82, 2.24) is 5.32 Å². The Morgan fingerprint density at radius 3 is 2.48 bits per heavy atom. The van der Waals surface area contributed by atoms with E-state index in [1.165, 1.54) is 5.56 Å². The van der Waals surface area contributed by atoms with Crippen molar-refractivity contribution in [2.45, 2.75) is 70.1 Å². The van der Waals surface area contributed by atoms with Crippen molar-refractivity contribution >= 4 is 5.97 Å². The number of carbonyl (C=O) groups is 1. The molecule has 0 unspecified atom stereocenters. The third-order valence-corrected chi connectivity index (χ3v) is 5.52. The molecule has 1 heterocycles. The molecule has 0 amide bonds. The van der Waals surface area contributed by atoms with Gasteiger partial charge in [-0.25, -0.2) is 0 Å². The number of nitrogens with one attached hydrogen (secondary N) is 1. The summed E-state index contributed by atoms with van der Waals surface area (Å²) in [4.78, 5) is 11.1. The lowest BCUT2D eigenvalue weighted by molar-refractivity contribution is -0.142. The first-order chi connectivity index (χ1) is 11.8. The minimum atomic E-state index is -0.692. The van der Waals surface area contributed by atoms with Crippen molar-refractivity contribution in [1.29, 1.82) is 0 Å². The highest BCUT2D eigenvalue weighted by Crippen LogP contribution is 2.36. The van der Waals surface area contributed by atoms with Gasteiger partial charge in [-0.15, -0.1) is 0 Å². The molecule has 0 aromatic heterocycles. The van der Waals surface area contributed by atoms with Crippen LogP contribution >= 0.6 is 0 Å². The van der Waals surface area contributed by atoms with Crippen LogP contribution in [0.4, 0.5) is 0 Å². The molecule has 1 aliphatic carbocycles. The van der Waals surface area contributed by atoms with E-state index in [4.69, 9.17) is 9.84 Å². The van der Waals surface area contributed by atoms with Crippen LogP contribution in [0.15, 0.2) is 18.2 Å². The van der Waals surface area contributed by atoms with Gasteiger partial charge in [0.25, 0.3) is 0 Å². The molecule has 0 saturated heterocycles. The highest BCUT2D eigenvalue weighted by Gasteiger charge is 2.33. The second kappa shape index (κ2) is 6.96. The molecular weight excluding hydrogens is 318 g/mol. The molecule has 0 radical (unpaired) electrons. The van der Waals surface area contributed by atoms with E-state index >= 15 is 0 Å².